The first-order chi connectivity index (χ1) is 10.2. The van der Waals surface area contributed by atoms with Gasteiger partial charge < -0.3 is 15.5 Å². The third kappa shape index (κ3) is 3.42. The van der Waals surface area contributed by atoms with Crippen LogP contribution in [-0.4, -0.2) is 42.9 Å². The summed E-state index contributed by atoms with van der Waals surface area (Å²) < 4.78 is 0. The highest BCUT2D eigenvalue weighted by atomic mass is 16.2. The van der Waals surface area contributed by atoms with Gasteiger partial charge in [0.1, 0.15) is 0 Å². The van der Waals surface area contributed by atoms with Gasteiger partial charge in [0.2, 0.25) is 5.91 Å². The Morgan fingerprint density at radius 2 is 2.05 bits per heavy atom. The van der Waals surface area contributed by atoms with Crippen LogP contribution in [0.15, 0.2) is 18.2 Å². The summed E-state index contributed by atoms with van der Waals surface area (Å²) in [6, 6.07) is 5.48. The summed E-state index contributed by atoms with van der Waals surface area (Å²) in [6.45, 7) is 3.90. The number of hydrogen-bond donors (Lipinski definition) is 2. The second-order valence-corrected chi connectivity index (χ2v) is 5.72. The Morgan fingerprint density at radius 1 is 1.24 bits per heavy atom. The van der Waals surface area contributed by atoms with Gasteiger partial charge in [-0.25, -0.2) is 0 Å². The minimum Gasteiger partial charge on any atom is -0.351 e. The van der Waals surface area contributed by atoms with Crippen molar-refractivity contribution < 1.29 is 9.59 Å². The van der Waals surface area contributed by atoms with Gasteiger partial charge in [0.25, 0.3) is 5.91 Å². The monoisotopic (exact) mass is 287 g/mol. The first-order valence-corrected chi connectivity index (χ1v) is 7.66. The molecule has 0 unspecified atom stereocenters. The number of benzene rings is 1. The zero-order valence-corrected chi connectivity index (χ0v) is 12.2. The van der Waals surface area contributed by atoms with Crippen LogP contribution in [0.4, 0.5) is 5.69 Å². The van der Waals surface area contributed by atoms with Crippen LogP contribution in [0.1, 0.15) is 35.2 Å². The van der Waals surface area contributed by atoms with Gasteiger partial charge in [-0.3, -0.25) is 9.59 Å². The van der Waals surface area contributed by atoms with Crippen LogP contribution in [0.25, 0.3) is 0 Å². The summed E-state index contributed by atoms with van der Waals surface area (Å²) in [4.78, 5) is 25.8. The van der Waals surface area contributed by atoms with E-state index in [1.165, 1.54) is 12.8 Å². The standard InChI is InChI=1S/C16H21N3O2/c20-15-6-4-12-11-13(3-5-14(12)18-15)16(21)17-7-10-19-8-1-2-9-19/h3,5,11H,1-2,4,6-10H2,(H,17,21)(H,18,20). The molecule has 0 aliphatic carbocycles. The maximum absolute atomic E-state index is 12.2. The van der Waals surface area contributed by atoms with Crippen molar-refractivity contribution >= 4 is 17.5 Å². The Labute approximate surface area is 124 Å². The Hall–Kier alpha value is -1.88. The summed E-state index contributed by atoms with van der Waals surface area (Å²) in [7, 11) is 0. The molecule has 0 bridgehead atoms. The Kier molecular flexibility index (Phi) is 4.20. The molecule has 0 saturated carbocycles. The van der Waals surface area contributed by atoms with Crippen LogP contribution in [-0.2, 0) is 11.2 Å². The second-order valence-electron chi connectivity index (χ2n) is 5.72. The van der Waals surface area contributed by atoms with Crippen LogP contribution in [0.3, 0.4) is 0 Å². The average Bonchev–Trinajstić information content (AvgIpc) is 3.00. The Balaban J connectivity index is 1.56. The van der Waals surface area contributed by atoms with Gasteiger partial charge in [0.05, 0.1) is 0 Å². The van der Waals surface area contributed by atoms with Crippen molar-refractivity contribution in [2.45, 2.75) is 25.7 Å². The molecule has 0 spiro atoms. The number of carbonyl (C=O) groups excluding carboxylic acids is 2. The number of nitrogens with one attached hydrogen (secondary N) is 2. The second kappa shape index (κ2) is 6.26. The largest absolute Gasteiger partial charge is 0.351 e. The number of hydrogen-bond acceptors (Lipinski definition) is 3. The molecule has 112 valence electrons. The average molecular weight is 287 g/mol. The first kappa shape index (κ1) is 14.1. The number of fused-ring (bicyclic) bond motifs is 1. The van der Waals surface area contributed by atoms with E-state index in [9.17, 15) is 9.59 Å². The zero-order valence-electron chi connectivity index (χ0n) is 12.2. The fourth-order valence-corrected chi connectivity index (χ4v) is 2.96. The van der Waals surface area contributed by atoms with E-state index in [2.05, 4.69) is 15.5 Å². The van der Waals surface area contributed by atoms with Crippen LogP contribution >= 0.6 is 0 Å². The van der Waals surface area contributed by atoms with Crippen LogP contribution in [0, 0.1) is 0 Å². The van der Waals surface area contributed by atoms with Gasteiger partial charge >= 0.3 is 0 Å². The maximum Gasteiger partial charge on any atom is 0.251 e. The smallest absolute Gasteiger partial charge is 0.251 e. The quantitative estimate of drug-likeness (QED) is 0.880. The van der Waals surface area contributed by atoms with E-state index >= 15 is 0 Å². The number of anilines is 1. The molecule has 0 aromatic heterocycles. The third-order valence-electron chi connectivity index (χ3n) is 4.18. The van der Waals surface area contributed by atoms with E-state index < -0.39 is 0 Å². The fraction of sp³-hybridized carbons (Fsp3) is 0.500. The summed E-state index contributed by atoms with van der Waals surface area (Å²) in [5, 5.41) is 5.80. The molecule has 2 heterocycles. The van der Waals surface area contributed by atoms with Gasteiger partial charge in [-0.2, -0.15) is 0 Å². The van der Waals surface area contributed by atoms with Crippen molar-refractivity contribution in [3.63, 3.8) is 0 Å². The van der Waals surface area contributed by atoms with Gasteiger partial charge in [-0.05, 0) is 56.1 Å². The SMILES string of the molecule is O=C1CCc2cc(C(=O)NCCN3CCCC3)ccc2N1. The van der Waals surface area contributed by atoms with E-state index in [4.69, 9.17) is 0 Å². The molecule has 2 aliphatic rings. The lowest BCUT2D eigenvalue weighted by atomic mass is 10.00. The van der Waals surface area contributed by atoms with Crippen molar-refractivity contribution in [1.82, 2.24) is 10.2 Å². The molecule has 21 heavy (non-hydrogen) atoms. The lowest BCUT2D eigenvalue weighted by molar-refractivity contribution is -0.116. The number of aryl methyl sites for hydroxylation is 1. The van der Waals surface area contributed by atoms with Crippen molar-refractivity contribution in [3.05, 3.63) is 29.3 Å². The molecule has 2 N–H and O–H groups in total. The summed E-state index contributed by atoms with van der Waals surface area (Å²) >= 11 is 0. The van der Waals surface area contributed by atoms with Crippen LogP contribution in [0.5, 0.6) is 0 Å². The first-order valence-electron chi connectivity index (χ1n) is 7.66. The Morgan fingerprint density at radius 3 is 2.86 bits per heavy atom. The minimum absolute atomic E-state index is 0.0334. The molecule has 2 aliphatic heterocycles. The topological polar surface area (TPSA) is 61.4 Å². The zero-order chi connectivity index (χ0) is 14.7. The van der Waals surface area contributed by atoms with Crippen molar-refractivity contribution in [2.24, 2.45) is 0 Å². The van der Waals surface area contributed by atoms with E-state index in [-0.39, 0.29) is 11.8 Å². The van der Waals surface area contributed by atoms with E-state index in [0.29, 0.717) is 24.9 Å². The van der Waals surface area contributed by atoms with Gasteiger partial charge in [-0.15, -0.1) is 0 Å². The van der Waals surface area contributed by atoms with E-state index in [1.54, 1.807) is 6.07 Å². The molecular formula is C16H21N3O2. The highest BCUT2D eigenvalue weighted by Gasteiger charge is 2.17. The third-order valence-corrected chi connectivity index (χ3v) is 4.18. The molecule has 1 aromatic carbocycles. The number of rotatable bonds is 4. The molecule has 1 aromatic rings. The van der Waals surface area contributed by atoms with Gasteiger partial charge in [0, 0.05) is 30.8 Å². The van der Waals surface area contributed by atoms with Crippen LogP contribution < -0.4 is 10.6 Å². The number of carbonyl (C=O) groups is 2. The molecule has 1 saturated heterocycles. The molecule has 5 heteroatoms. The predicted octanol–water partition coefficient (Wildman–Crippen LogP) is 1.40. The van der Waals surface area contributed by atoms with Crippen molar-refractivity contribution in [2.75, 3.05) is 31.5 Å². The molecule has 5 nitrogen and oxygen atoms in total. The predicted molar refractivity (Wildman–Crippen MR) is 81.4 cm³/mol. The molecular weight excluding hydrogens is 266 g/mol. The van der Waals surface area contributed by atoms with Crippen molar-refractivity contribution in [3.8, 4) is 0 Å². The van der Waals surface area contributed by atoms with Gasteiger partial charge in [-0.1, -0.05) is 0 Å². The highest BCUT2D eigenvalue weighted by Crippen LogP contribution is 2.23. The Bertz CT molecular complexity index is 550. The number of amides is 2. The van der Waals surface area contributed by atoms with E-state index in [0.717, 1.165) is 30.9 Å². The summed E-state index contributed by atoms with van der Waals surface area (Å²) in [5.74, 6) is 0.0132. The van der Waals surface area contributed by atoms with Crippen molar-refractivity contribution in [1.29, 1.82) is 0 Å². The van der Waals surface area contributed by atoms with Crippen LogP contribution in [0.2, 0.25) is 0 Å². The lowest BCUT2D eigenvalue weighted by Crippen LogP contribution is -2.33. The molecule has 2 amide bonds. The maximum atomic E-state index is 12.2. The van der Waals surface area contributed by atoms with Gasteiger partial charge in [0.15, 0.2) is 0 Å². The molecule has 0 atom stereocenters. The fourth-order valence-electron chi connectivity index (χ4n) is 2.96. The normalized spacial score (nSPS) is 18.2. The molecule has 1 fully saturated rings. The molecule has 3 rings (SSSR count). The number of nitrogens with zero attached hydrogens (tertiary/aromatic N) is 1. The molecule has 0 radical (unpaired) electrons. The summed E-state index contributed by atoms with van der Waals surface area (Å²) in [6.07, 6.45) is 3.73. The van der Waals surface area contributed by atoms with E-state index in [1.807, 2.05) is 12.1 Å². The summed E-state index contributed by atoms with van der Waals surface area (Å²) in [5.41, 5.74) is 2.55. The number of likely N-dealkylation sites (tertiary alicyclic amines) is 1. The highest BCUT2D eigenvalue weighted by molar-refractivity contribution is 5.97. The minimum atomic E-state index is -0.0334. The lowest BCUT2D eigenvalue weighted by Gasteiger charge is -2.18.